The van der Waals surface area contributed by atoms with Crippen LogP contribution in [0.15, 0.2) is 59.6 Å². The highest BCUT2D eigenvalue weighted by atomic mass is 32.2. The molecule has 0 aliphatic carbocycles. The average Bonchev–Trinajstić information content (AvgIpc) is 2.68. The minimum atomic E-state index is -3.30. The van der Waals surface area contributed by atoms with Gasteiger partial charge in [-0.15, -0.1) is 0 Å². The molecule has 1 aromatic heterocycles. The molecular formula is C21H19N3O3S. The fraction of sp³-hybridized carbons (Fsp3) is 0.143. The summed E-state index contributed by atoms with van der Waals surface area (Å²) in [5.74, 6) is 0.313. The number of hydrogen-bond acceptors (Lipinski definition) is 5. The predicted octanol–water partition coefficient (Wildman–Crippen LogP) is 2.69. The maximum atomic E-state index is 12.0. The number of carbonyl (C=O) groups is 1. The quantitative estimate of drug-likeness (QED) is 0.712. The molecular weight excluding hydrogens is 374 g/mol. The number of nitrogens with one attached hydrogen (secondary N) is 1. The van der Waals surface area contributed by atoms with Crippen molar-refractivity contribution in [3.8, 4) is 22.3 Å². The zero-order chi connectivity index (χ0) is 19.9. The van der Waals surface area contributed by atoms with Gasteiger partial charge in [0.1, 0.15) is 5.82 Å². The van der Waals surface area contributed by atoms with E-state index < -0.39 is 9.84 Å². The number of amides is 1. The van der Waals surface area contributed by atoms with Gasteiger partial charge in [0.25, 0.3) is 5.91 Å². The average molecular weight is 393 g/mol. The lowest BCUT2D eigenvalue weighted by Crippen LogP contribution is -2.31. The number of nitrogens with two attached hydrogens (primary N) is 1. The lowest BCUT2D eigenvalue weighted by atomic mass is 9.94. The molecule has 0 bridgehead atoms. The highest BCUT2D eigenvalue weighted by Gasteiger charge is 2.18. The first-order valence-corrected chi connectivity index (χ1v) is 10.7. The number of hydrogen-bond donors (Lipinski definition) is 2. The Labute approximate surface area is 163 Å². The SMILES string of the molecule is CS(=O)(=O)c1cccc(-c2cnc(N)c(-c3ccc4c(c3)CCNC4=O)c2)c1. The van der Waals surface area contributed by atoms with E-state index in [9.17, 15) is 13.2 Å². The molecule has 3 N–H and O–H groups in total. The van der Waals surface area contributed by atoms with Gasteiger partial charge in [-0.25, -0.2) is 13.4 Å². The number of rotatable bonds is 3. The highest BCUT2D eigenvalue weighted by Crippen LogP contribution is 2.32. The minimum absolute atomic E-state index is 0.0646. The number of aromatic nitrogens is 1. The maximum absolute atomic E-state index is 12.0. The van der Waals surface area contributed by atoms with Crippen LogP contribution < -0.4 is 11.1 Å². The van der Waals surface area contributed by atoms with E-state index in [2.05, 4.69) is 10.3 Å². The molecule has 0 fully saturated rings. The van der Waals surface area contributed by atoms with Crippen molar-refractivity contribution < 1.29 is 13.2 Å². The van der Waals surface area contributed by atoms with Crippen LogP contribution in [0.5, 0.6) is 0 Å². The molecule has 1 amide bonds. The van der Waals surface area contributed by atoms with Gasteiger partial charge in [0.05, 0.1) is 4.90 Å². The zero-order valence-corrected chi connectivity index (χ0v) is 16.1. The molecule has 0 saturated carbocycles. The number of benzene rings is 2. The molecule has 0 atom stereocenters. The molecule has 2 heterocycles. The Balaban J connectivity index is 1.80. The minimum Gasteiger partial charge on any atom is -0.383 e. The molecule has 28 heavy (non-hydrogen) atoms. The second-order valence-electron chi connectivity index (χ2n) is 6.83. The van der Waals surface area contributed by atoms with Crippen LogP contribution in [0.25, 0.3) is 22.3 Å². The topological polar surface area (TPSA) is 102 Å². The summed E-state index contributed by atoms with van der Waals surface area (Å²) in [5.41, 5.74) is 10.9. The first-order valence-electron chi connectivity index (χ1n) is 8.80. The van der Waals surface area contributed by atoms with Crippen LogP contribution in [-0.4, -0.2) is 32.1 Å². The molecule has 4 rings (SSSR count). The van der Waals surface area contributed by atoms with Crippen LogP contribution in [0.3, 0.4) is 0 Å². The van der Waals surface area contributed by atoms with E-state index in [4.69, 9.17) is 5.73 Å². The summed E-state index contributed by atoms with van der Waals surface area (Å²) in [5, 5.41) is 2.83. The van der Waals surface area contributed by atoms with Gasteiger partial charge in [0.2, 0.25) is 0 Å². The Kier molecular flexibility index (Phi) is 4.39. The molecule has 0 radical (unpaired) electrons. The van der Waals surface area contributed by atoms with E-state index in [-0.39, 0.29) is 10.8 Å². The molecule has 3 aromatic rings. The fourth-order valence-electron chi connectivity index (χ4n) is 3.37. The number of sulfone groups is 1. The number of pyridine rings is 1. The standard InChI is InChI=1S/C21H19N3O3S/c1-28(26,27)17-4-2-3-13(10-17)16-11-19(20(22)24-12-16)14-5-6-18-15(9-14)7-8-23-21(18)25/h2-6,9-12H,7-8H2,1H3,(H2,22,24)(H,23,25). The van der Waals surface area contributed by atoms with Gasteiger partial charge in [-0.05, 0) is 47.4 Å². The third kappa shape index (κ3) is 3.36. The van der Waals surface area contributed by atoms with Crippen LogP contribution >= 0.6 is 0 Å². The first-order chi connectivity index (χ1) is 13.3. The van der Waals surface area contributed by atoms with E-state index in [1.165, 1.54) is 6.26 Å². The van der Waals surface area contributed by atoms with Gasteiger partial charge in [-0.3, -0.25) is 4.79 Å². The smallest absolute Gasteiger partial charge is 0.251 e. The predicted molar refractivity (Wildman–Crippen MR) is 109 cm³/mol. The van der Waals surface area contributed by atoms with Crippen molar-refractivity contribution in [3.63, 3.8) is 0 Å². The van der Waals surface area contributed by atoms with Gasteiger partial charge in [-0.1, -0.05) is 24.3 Å². The van der Waals surface area contributed by atoms with Crippen LogP contribution in [0.1, 0.15) is 15.9 Å². The normalized spacial score (nSPS) is 13.7. The van der Waals surface area contributed by atoms with Crippen molar-refractivity contribution in [3.05, 3.63) is 65.9 Å². The third-order valence-electron chi connectivity index (χ3n) is 4.85. The molecule has 2 aromatic carbocycles. The summed E-state index contributed by atoms with van der Waals surface area (Å²) in [6.45, 7) is 0.612. The monoisotopic (exact) mass is 393 g/mol. The van der Waals surface area contributed by atoms with Crippen LogP contribution in [-0.2, 0) is 16.3 Å². The lowest BCUT2D eigenvalue weighted by Gasteiger charge is -2.18. The van der Waals surface area contributed by atoms with Gasteiger partial charge < -0.3 is 11.1 Å². The lowest BCUT2D eigenvalue weighted by molar-refractivity contribution is 0.0946. The van der Waals surface area contributed by atoms with E-state index in [1.54, 1.807) is 30.5 Å². The van der Waals surface area contributed by atoms with Gasteiger partial charge in [0.15, 0.2) is 9.84 Å². The summed E-state index contributed by atoms with van der Waals surface area (Å²) in [4.78, 5) is 16.5. The third-order valence-corrected chi connectivity index (χ3v) is 5.97. The number of nitrogens with zero attached hydrogens (tertiary/aromatic N) is 1. The van der Waals surface area contributed by atoms with Crippen molar-refractivity contribution in [2.45, 2.75) is 11.3 Å². The van der Waals surface area contributed by atoms with Crippen molar-refractivity contribution >= 4 is 21.6 Å². The Morgan fingerprint density at radius 3 is 2.61 bits per heavy atom. The molecule has 0 unspecified atom stereocenters. The number of nitrogen functional groups attached to an aromatic ring is 1. The molecule has 6 nitrogen and oxygen atoms in total. The summed E-state index contributed by atoms with van der Waals surface area (Å²) in [6.07, 6.45) is 3.58. The second-order valence-corrected chi connectivity index (χ2v) is 8.85. The summed E-state index contributed by atoms with van der Waals surface area (Å²) in [6, 6.07) is 14.3. The number of anilines is 1. The molecule has 1 aliphatic heterocycles. The fourth-order valence-corrected chi connectivity index (χ4v) is 4.03. The maximum Gasteiger partial charge on any atom is 0.251 e. The Bertz CT molecular complexity index is 1200. The van der Waals surface area contributed by atoms with Crippen molar-refractivity contribution in [1.29, 1.82) is 0 Å². The Morgan fingerprint density at radius 2 is 1.82 bits per heavy atom. The van der Waals surface area contributed by atoms with Crippen LogP contribution in [0.4, 0.5) is 5.82 Å². The highest BCUT2D eigenvalue weighted by molar-refractivity contribution is 7.90. The van der Waals surface area contributed by atoms with Gasteiger partial charge in [-0.2, -0.15) is 0 Å². The van der Waals surface area contributed by atoms with E-state index in [0.717, 1.165) is 34.2 Å². The Hall–Kier alpha value is -3.19. The molecule has 142 valence electrons. The van der Waals surface area contributed by atoms with Gasteiger partial charge >= 0.3 is 0 Å². The van der Waals surface area contributed by atoms with Gasteiger partial charge in [0, 0.05) is 35.7 Å². The number of carbonyl (C=O) groups excluding carboxylic acids is 1. The van der Waals surface area contributed by atoms with Crippen molar-refractivity contribution in [2.24, 2.45) is 0 Å². The zero-order valence-electron chi connectivity index (χ0n) is 15.3. The molecule has 0 spiro atoms. The molecule has 0 saturated heterocycles. The van der Waals surface area contributed by atoms with E-state index in [0.29, 0.717) is 17.9 Å². The molecule has 7 heteroatoms. The van der Waals surface area contributed by atoms with Crippen LogP contribution in [0, 0.1) is 0 Å². The summed E-state index contributed by atoms with van der Waals surface area (Å²) >= 11 is 0. The van der Waals surface area contributed by atoms with Crippen molar-refractivity contribution in [1.82, 2.24) is 10.3 Å². The second kappa shape index (κ2) is 6.76. The summed E-state index contributed by atoms with van der Waals surface area (Å²) in [7, 11) is -3.30. The largest absolute Gasteiger partial charge is 0.383 e. The summed E-state index contributed by atoms with van der Waals surface area (Å²) < 4.78 is 23.7. The van der Waals surface area contributed by atoms with Crippen molar-refractivity contribution in [2.75, 3.05) is 18.5 Å². The van der Waals surface area contributed by atoms with Crippen LogP contribution in [0.2, 0.25) is 0 Å². The molecule has 1 aliphatic rings. The van der Waals surface area contributed by atoms with E-state index in [1.807, 2.05) is 24.3 Å². The Morgan fingerprint density at radius 1 is 1.00 bits per heavy atom. The van der Waals surface area contributed by atoms with E-state index >= 15 is 0 Å². The first kappa shape index (κ1) is 18.2. The number of fused-ring (bicyclic) bond motifs is 1.